The van der Waals surface area contributed by atoms with Crippen molar-refractivity contribution in [3.05, 3.63) is 48.0 Å². The van der Waals surface area contributed by atoms with Crippen LogP contribution < -0.4 is 0 Å². The number of hydrogen-bond acceptors (Lipinski definition) is 6. The van der Waals surface area contributed by atoms with E-state index >= 15 is 0 Å². The van der Waals surface area contributed by atoms with Gasteiger partial charge in [0.05, 0.1) is 5.75 Å². The summed E-state index contributed by atoms with van der Waals surface area (Å²) in [4.78, 5) is 11.9. The number of carbonyl (C=O) groups is 1. The maximum atomic E-state index is 11.9. The Hall–Kier alpha value is -2.28. The van der Waals surface area contributed by atoms with Crippen LogP contribution in [0.5, 0.6) is 0 Å². The number of fused-ring (bicyclic) bond motifs is 1. The molecule has 0 aliphatic heterocycles. The lowest BCUT2D eigenvalue weighted by molar-refractivity contribution is 0.102. The zero-order valence-corrected chi connectivity index (χ0v) is 10.6. The fourth-order valence-corrected chi connectivity index (χ4v) is 2.30. The van der Waals surface area contributed by atoms with E-state index in [1.54, 1.807) is 24.3 Å². The third-order valence-electron chi connectivity index (χ3n) is 2.49. The van der Waals surface area contributed by atoms with E-state index in [2.05, 4.69) is 20.6 Å². The molecule has 0 bridgehead atoms. The molecule has 3 rings (SSSR count). The third kappa shape index (κ3) is 2.60. The van der Waals surface area contributed by atoms with Crippen LogP contribution >= 0.6 is 11.8 Å². The number of rotatable bonds is 4. The van der Waals surface area contributed by atoms with Gasteiger partial charge in [0.2, 0.25) is 0 Å². The molecule has 0 aliphatic rings. The van der Waals surface area contributed by atoms with Gasteiger partial charge in [-0.05, 0) is 22.6 Å². The number of carbonyl (C=O) groups excluding carboxylic acids is 1. The van der Waals surface area contributed by atoms with Gasteiger partial charge < -0.3 is 0 Å². The molecule has 1 aromatic carbocycles. The molecule has 3 aromatic rings. The van der Waals surface area contributed by atoms with Crippen LogP contribution in [0.25, 0.3) is 5.65 Å². The Labute approximate surface area is 112 Å². The van der Waals surface area contributed by atoms with Crippen molar-refractivity contribution in [3.8, 4) is 0 Å². The summed E-state index contributed by atoms with van der Waals surface area (Å²) in [6.07, 6.45) is 0. The molecule has 0 fully saturated rings. The highest BCUT2D eigenvalue weighted by atomic mass is 32.2. The summed E-state index contributed by atoms with van der Waals surface area (Å²) in [5.41, 5.74) is 1.29. The number of nitrogens with zero attached hydrogens (tertiary/aromatic N) is 5. The van der Waals surface area contributed by atoms with Crippen molar-refractivity contribution in [1.29, 1.82) is 0 Å². The second-order valence-electron chi connectivity index (χ2n) is 3.78. The van der Waals surface area contributed by atoms with Crippen LogP contribution in [0.15, 0.2) is 47.5 Å². The van der Waals surface area contributed by atoms with Gasteiger partial charge in [0.1, 0.15) is 5.03 Å². The quantitative estimate of drug-likeness (QED) is 0.529. The molecule has 0 atom stereocenters. The Morgan fingerprint density at radius 1 is 1.16 bits per heavy atom. The molecule has 2 aromatic heterocycles. The average Bonchev–Trinajstić information content (AvgIpc) is 2.93. The van der Waals surface area contributed by atoms with Gasteiger partial charge in [-0.15, -0.1) is 14.8 Å². The van der Waals surface area contributed by atoms with E-state index < -0.39 is 0 Å². The molecular formula is C12H9N5OS. The van der Waals surface area contributed by atoms with E-state index in [1.807, 2.05) is 18.2 Å². The highest BCUT2D eigenvalue weighted by molar-refractivity contribution is 7.99. The van der Waals surface area contributed by atoms with E-state index in [-0.39, 0.29) is 5.78 Å². The second kappa shape index (κ2) is 5.15. The molecule has 0 unspecified atom stereocenters. The van der Waals surface area contributed by atoms with Crippen LogP contribution in [0.3, 0.4) is 0 Å². The van der Waals surface area contributed by atoms with Crippen LogP contribution in [0.1, 0.15) is 10.4 Å². The predicted octanol–water partition coefficient (Wildman–Crippen LogP) is 1.49. The predicted molar refractivity (Wildman–Crippen MR) is 70.1 cm³/mol. The van der Waals surface area contributed by atoms with E-state index in [0.29, 0.717) is 22.0 Å². The normalized spacial score (nSPS) is 10.7. The molecular weight excluding hydrogens is 262 g/mol. The molecule has 0 saturated heterocycles. The summed E-state index contributed by atoms with van der Waals surface area (Å²) in [6, 6.07) is 12.8. The number of ketones is 1. The van der Waals surface area contributed by atoms with Gasteiger partial charge in [-0.3, -0.25) is 4.79 Å². The van der Waals surface area contributed by atoms with E-state index in [4.69, 9.17) is 0 Å². The summed E-state index contributed by atoms with van der Waals surface area (Å²) in [5, 5.41) is 15.9. The number of tetrazole rings is 1. The van der Waals surface area contributed by atoms with Crippen molar-refractivity contribution >= 4 is 23.2 Å². The van der Waals surface area contributed by atoms with Crippen LogP contribution in [0, 0.1) is 0 Å². The van der Waals surface area contributed by atoms with Gasteiger partial charge in [0, 0.05) is 5.56 Å². The molecule has 6 nitrogen and oxygen atoms in total. The molecule has 0 radical (unpaired) electrons. The zero-order chi connectivity index (χ0) is 13.1. The van der Waals surface area contributed by atoms with E-state index in [9.17, 15) is 4.79 Å². The first kappa shape index (κ1) is 11.8. The van der Waals surface area contributed by atoms with Gasteiger partial charge in [0.25, 0.3) is 0 Å². The maximum Gasteiger partial charge on any atom is 0.200 e. The SMILES string of the molecule is O=C(CSc1ccc2nnnn2n1)c1ccccc1. The molecule has 0 saturated carbocycles. The first-order valence-electron chi connectivity index (χ1n) is 5.59. The first-order chi connectivity index (χ1) is 9.33. The van der Waals surface area contributed by atoms with Crippen molar-refractivity contribution in [2.75, 3.05) is 5.75 Å². The van der Waals surface area contributed by atoms with Crippen LogP contribution in [0.4, 0.5) is 0 Å². The molecule has 2 heterocycles. The van der Waals surface area contributed by atoms with Gasteiger partial charge in [-0.1, -0.05) is 42.1 Å². The smallest absolute Gasteiger partial charge is 0.200 e. The summed E-state index contributed by atoms with van der Waals surface area (Å²) in [7, 11) is 0. The van der Waals surface area contributed by atoms with Crippen molar-refractivity contribution in [2.24, 2.45) is 0 Å². The summed E-state index contributed by atoms with van der Waals surface area (Å²) < 4.78 is 1.34. The lowest BCUT2D eigenvalue weighted by atomic mass is 10.2. The number of benzene rings is 1. The largest absolute Gasteiger partial charge is 0.293 e. The van der Waals surface area contributed by atoms with Crippen LogP contribution in [-0.2, 0) is 0 Å². The Balaban J connectivity index is 1.70. The Morgan fingerprint density at radius 2 is 2.00 bits per heavy atom. The topological polar surface area (TPSA) is 73.0 Å². The fourth-order valence-electron chi connectivity index (χ4n) is 1.56. The van der Waals surface area contributed by atoms with E-state index in [0.717, 1.165) is 0 Å². The lowest BCUT2D eigenvalue weighted by Gasteiger charge is -2.00. The zero-order valence-electron chi connectivity index (χ0n) is 9.80. The van der Waals surface area contributed by atoms with Gasteiger partial charge >= 0.3 is 0 Å². The first-order valence-corrected chi connectivity index (χ1v) is 6.58. The monoisotopic (exact) mass is 271 g/mol. The molecule has 7 heteroatoms. The molecule has 0 aliphatic carbocycles. The number of hydrogen-bond donors (Lipinski definition) is 0. The molecule has 94 valence electrons. The fraction of sp³-hybridized carbons (Fsp3) is 0.0833. The van der Waals surface area contributed by atoms with E-state index in [1.165, 1.54) is 16.4 Å². The Morgan fingerprint density at radius 3 is 2.84 bits per heavy atom. The number of thioether (sulfide) groups is 1. The average molecular weight is 271 g/mol. The minimum Gasteiger partial charge on any atom is -0.293 e. The van der Waals surface area contributed by atoms with Crippen molar-refractivity contribution in [2.45, 2.75) is 5.03 Å². The third-order valence-corrected chi connectivity index (χ3v) is 3.41. The standard InChI is InChI=1S/C12H9N5OS/c18-10(9-4-2-1-3-5-9)8-19-12-7-6-11-13-15-16-17(11)14-12/h1-7H,8H2. The second-order valence-corrected chi connectivity index (χ2v) is 4.77. The maximum absolute atomic E-state index is 11.9. The molecule has 0 spiro atoms. The highest BCUT2D eigenvalue weighted by Gasteiger charge is 2.07. The van der Waals surface area contributed by atoms with Crippen molar-refractivity contribution in [3.63, 3.8) is 0 Å². The summed E-state index contributed by atoms with van der Waals surface area (Å²) in [6.45, 7) is 0. The van der Waals surface area contributed by atoms with Gasteiger partial charge in [0.15, 0.2) is 11.4 Å². The number of Topliss-reactive ketones (excluding diaryl/α,β-unsaturated/α-hetero) is 1. The molecule has 0 amide bonds. The minimum absolute atomic E-state index is 0.0733. The Bertz CT molecular complexity index is 712. The van der Waals surface area contributed by atoms with Gasteiger partial charge in [-0.25, -0.2) is 0 Å². The highest BCUT2D eigenvalue weighted by Crippen LogP contribution is 2.16. The van der Waals surface area contributed by atoms with Gasteiger partial charge in [-0.2, -0.15) is 0 Å². The Kier molecular flexibility index (Phi) is 3.20. The van der Waals surface area contributed by atoms with Crippen molar-refractivity contribution in [1.82, 2.24) is 25.3 Å². The van der Waals surface area contributed by atoms with Crippen molar-refractivity contribution < 1.29 is 4.79 Å². The van der Waals surface area contributed by atoms with Crippen LogP contribution in [-0.4, -0.2) is 36.8 Å². The minimum atomic E-state index is 0.0733. The lowest BCUT2D eigenvalue weighted by Crippen LogP contribution is -2.03. The van der Waals surface area contributed by atoms with Crippen LogP contribution in [0.2, 0.25) is 0 Å². The summed E-state index contributed by atoms with van der Waals surface area (Å²) in [5.74, 6) is 0.411. The molecule has 0 N–H and O–H groups in total. The summed E-state index contributed by atoms with van der Waals surface area (Å²) >= 11 is 1.36. The molecule has 19 heavy (non-hydrogen) atoms. The number of aromatic nitrogens is 5.